The zero-order valence-corrected chi connectivity index (χ0v) is 11.1. The fourth-order valence-corrected chi connectivity index (χ4v) is 4.01. The molecule has 3 aliphatic heterocycles. The highest BCUT2D eigenvalue weighted by Gasteiger charge is 2.49. The number of nitrogens with zero attached hydrogens (tertiary/aromatic N) is 2. The van der Waals surface area contributed by atoms with Crippen LogP contribution in [0.2, 0.25) is 0 Å². The van der Waals surface area contributed by atoms with Crippen molar-refractivity contribution in [2.45, 2.75) is 45.2 Å². The van der Waals surface area contributed by atoms with Gasteiger partial charge >= 0.3 is 0 Å². The summed E-state index contributed by atoms with van der Waals surface area (Å²) in [6.07, 6.45) is 2.70. The first-order chi connectivity index (χ1) is 7.64. The van der Waals surface area contributed by atoms with Crippen molar-refractivity contribution in [2.75, 3.05) is 32.7 Å². The van der Waals surface area contributed by atoms with E-state index in [1.165, 1.54) is 32.5 Å². The van der Waals surface area contributed by atoms with Crippen molar-refractivity contribution in [1.82, 2.24) is 9.80 Å². The number of fused-ring (bicyclic) bond motifs is 3. The van der Waals surface area contributed by atoms with Gasteiger partial charge in [-0.25, -0.2) is 0 Å². The van der Waals surface area contributed by atoms with Crippen LogP contribution in [0, 0.1) is 5.92 Å². The van der Waals surface area contributed by atoms with E-state index in [4.69, 9.17) is 5.73 Å². The monoisotopic (exact) mass is 225 g/mol. The van der Waals surface area contributed by atoms with Gasteiger partial charge in [-0.3, -0.25) is 4.90 Å². The molecule has 94 valence electrons. The van der Waals surface area contributed by atoms with E-state index < -0.39 is 0 Å². The van der Waals surface area contributed by atoms with Gasteiger partial charge in [0.1, 0.15) is 0 Å². The van der Waals surface area contributed by atoms with E-state index in [1.807, 2.05) is 0 Å². The lowest BCUT2D eigenvalue weighted by atomic mass is 9.71. The highest BCUT2D eigenvalue weighted by atomic mass is 15.3. The lowest BCUT2D eigenvalue weighted by molar-refractivity contribution is -0.0778. The van der Waals surface area contributed by atoms with Crippen molar-refractivity contribution in [3.63, 3.8) is 0 Å². The minimum atomic E-state index is 0.263. The number of piperidine rings is 3. The second-order valence-corrected chi connectivity index (χ2v) is 5.74. The van der Waals surface area contributed by atoms with Gasteiger partial charge in [0.25, 0.3) is 0 Å². The fraction of sp³-hybridized carbons (Fsp3) is 1.00. The van der Waals surface area contributed by atoms with Gasteiger partial charge in [0.15, 0.2) is 0 Å². The third kappa shape index (κ3) is 1.79. The third-order valence-corrected chi connectivity index (χ3v) is 4.73. The van der Waals surface area contributed by atoms with E-state index in [-0.39, 0.29) is 5.54 Å². The average molecular weight is 225 g/mol. The van der Waals surface area contributed by atoms with Gasteiger partial charge < -0.3 is 10.6 Å². The Morgan fingerprint density at radius 1 is 1.38 bits per heavy atom. The van der Waals surface area contributed by atoms with E-state index in [9.17, 15) is 0 Å². The minimum Gasteiger partial charge on any atom is -0.329 e. The first kappa shape index (κ1) is 12.3. The number of hydrogen-bond acceptors (Lipinski definition) is 3. The molecule has 3 fully saturated rings. The molecule has 0 aromatic rings. The van der Waals surface area contributed by atoms with Crippen molar-refractivity contribution in [1.29, 1.82) is 0 Å². The van der Waals surface area contributed by atoms with Crippen LogP contribution in [0.25, 0.3) is 0 Å². The molecule has 3 heterocycles. The predicted molar refractivity (Wildman–Crippen MR) is 68.5 cm³/mol. The van der Waals surface area contributed by atoms with Crippen LogP contribution in [-0.2, 0) is 0 Å². The van der Waals surface area contributed by atoms with Crippen LogP contribution < -0.4 is 5.73 Å². The van der Waals surface area contributed by atoms with Crippen molar-refractivity contribution < 1.29 is 0 Å². The van der Waals surface area contributed by atoms with Gasteiger partial charge in [0, 0.05) is 24.7 Å². The van der Waals surface area contributed by atoms with Crippen LogP contribution in [0.3, 0.4) is 0 Å². The normalized spacial score (nSPS) is 38.6. The summed E-state index contributed by atoms with van der Waals surface area (Å²) >= 11 is 0. The Balaban J connectivity index is 2.24. The molecule has 1 unspecified atom stereocenters. The quantitative estimate of drug-likeness (QED) is 0.779. The first-order valence-electron chi connectivity index (χ1n) is 6.83. The minimum absolute atomic E-state index is 0.263. The molecule has 3 nitrogen and oxygen atoms in total. The molecule has 2 bridgehead atoms. The molecule has 0 aliphatic carbocycles. The third-order valence-electron chi connectivity index (χ3n) is 4.73. The summed E-state index contributed by atoms with van der Waals surface area (Å²) in [6, 6.07) is 0.606. The molecule has 0 spiro atoms. The molecule has 0 saturated carbocycles. The Bertz CT molecular complexity index is 233. The van der Waals surface area contributed by atoms with Crippen molar-refractivity contribution in [2.24, 2.45) is 11.7 Å². The largest absolute Gasteiger partial charge is 0.329 e. The zero-order valence-electron chi connectivity index (χ0n) is 11.1. The highest BCUT2D eigenvalue weighted by Crippen LogP contribution is 2.39. The number of nitrogens with two attached hydrogens (primary N) is 1. The second kappa shape index (κ2) is 4.63. The maximum absolute atomic E-state index is 6.17. The molecule has 0 amide bonds. The maximum Gasteiger partial charge on any atom is 0.0489 e. The van der Waals surface area contributed by atoms with E-state index in [0.717, 1.165) is 19.0 Å². The summed E-state index contributed by atoms with van der Waals surface area (Å²) in [6.45, 7) is 12.6. The van der Waals surface area contributed by atoms with Crippen molar-refractivity contribution >= 4 is 0 Å². The topological polar surface area (TPSA) is 32.5 Å². The van der Waals surface area contributed by atoms with Crippen LogP contribution in [-0.4, -0.2) is 54.1 Å². The summed E-state index contributed by atoms with van der Waals surface area (Å²) < 4.78 is 0. The summed E-state index contributed by atoms with van der Waals surface area (Å²) in [5, 5.41) is 0. The summed E-state index contributed by atoms with van der Waals surface area (Å²) in [7, 11) is 0. The Morgan fingerprint density at radius 3 is 2.31 bits per heavy atom. The van der Waals surface area contributed by atoms with Gasteiger partial charge in [-0.15, -0.1) is 0 Å². The smallest absolute Gasteiger partial charge is 0.0489 e. The molecule has 16 heavy (non-hydrogen) atoms. The van der Waals surface area contributed by atoms with Gasteiger partial charge in [0.2, 0.25) is 0 Å². The van der Waals surface area contributed by atoms with Crippen LogP contribution in [0.1, 0.15) is 33.6 Å². The number of hydrogen-bond donors (Lipinski definition) is 1. The molecule has 0 radical (unpaired) electrons. The lowest BCUT2D eigenvalue weighted by Crippen LogP contribution is -2.71. The summed E-state index contributed by atoms with van der Waals surface area (Å²) in [4.78, 5) is 5.25. The molecule has 0 aromatic heterocycles. The average Bonchev–Trinajstić information content (AvgIpc) is 2.30. The molecule has 3 aliphatic rings. The van der Waals surface area contributed by atoms with Crippen LogP contribution in [0.15, 0.2) is 0 Å². The molecule has 1 atom stereocenters. The highest BCUT2D eigenvalue weighted by molar-refractivity contribution is 5.06. The Morgan fingerprint density at radius 2 is 2.00 bits per heavy atom. The van der Waals surface area contributed by atoms with Gasteiger partial charge in [-0.1, -0.05) is 6.92 Å². The number of rotatable bonds is 4. The van der Waals surface area contributed by atoms with Gasteiger partial charge in [-0.2, -0.15) is 0 Å². The Labute approximate surface area is 100.0 Å². The Hall–Kier alpha value is -0.120. The van der Waals surface area contributed by atoms with Gasteiger partial charge in [0.05, 0.1) is 0 Å². The second-order valence-electron chi connectivity index (χ2n) is 5.74. The zero-order chi connectivity index (χ0) is 11.8. The molecule has 3 rings (SSSR count). The standard InChI is InChI=1S/C13H27N3/c1-4-16(11(2)3)13(9-14)10-15-7-5-12(13)6-8-15/h11-12H,4-10,14H2,1-3H3. The SMILES string of the molecule is CCN(C(C)C)C1(CN)CN2CCC1CC2. The van der Waals surface area contributed by atoms with E-state index in [2.05, 4.69) is 30.6 Å². The van der Waals surface area contributed by atoms with Crippen LogP contribution in [0.4, 0.5) is 0 Å². The first-order valence-corrected chi connectivity index (χ1v) is 6.83. The molecule has 2 N–H and O–H groups in total. The summed E-state index contributed by atoms with van der Waals surface area (Å²) in [5.41, 5.74) is 6.43. The van der Waals surface area contributed by atoms with Crippen molar-refractivity contribution in [3.05, 3.63) is 0 Å². The number of likely N-dealkylation sites (N-methyl/N-ethyl adjacent to an activating group) is 1. The molecular formula is C13H27N3. The maximum atomic E-state index is 6.17. The molecular weight excluding hydrogens is 198 g/mol. The van der Waals surface area contributed by atoms with Crippen LogP contribution >= 0.6 is 0 Å². The summed E-state index contributed by atoms with van der Waals surface area (Å²) in [5.74, 6) is 0.824. The van der Waals surface area contributed by atoms with E-state index in [0.29, 0.717) is 6.04 Å². The van der Waals surface area contributed by atoms with Crippen LogP contribution in [0.5, 0.6) is 0 Å². The van der Waals surface area contributed by atoms with E-state index >= 15 is 0 Å². The molecule has 3 saturated heterocycles. The predicted octanol–water partition coefficient (Wildman–Crippen LogP) is 1.14. The Kier molecular flexibility index (Phi) is 3.57. The van der Waals surface area contributed by atoms with Gasteiger partial charge in [-0.05, 0) is 52.2 Å². The van der Waals surface area contributed by atoms with E-state index in [1.54, 1.807) is 0 Å². The molecule has 0 aromatic carbocycles. The molecule has 3 heteroatoms. The fourth-order valence-electron chi connectivity index (χ4n) is 4.01. The van der Waals surface area contributed by atoms with Crippen molar-refractivity contribution in [3.8, 4) is 0 Å². The lowest BCUT2D eigenvalue weighted by Gasteiger charge is -2.58.